The smallest absolute Gasteiger partial charge is 0.167 e. The van der Waals surface area contributed by atoms with E-state index >= 15 is 0 Å². The second-order valence-corrected chi connectivity index (χ2v) is 4.55. The molecule has 4 rings (SSSR count). The lowest BCUT2D eigenvalue weighted by Crippen LogP contribution is -2.20. The molecule has 0 aromatic heterocycles. The van der Waals surface area contributed by atoms with Crippen molar-refractivity contribution in [2.45, 2.75) is 25.3 Å². The molecule has 72 valence electrons. The van der Waals surface area contributed by atoms with Gasteiger partial charge in [0.15, 0.2) is 18.9 Å². The molecule has 4 unspecified atom stereocenters. The van der Waals surface area contributed by atoms with Gasteiger partial charge in [-0.2, -0.15) is 0 Å². The second kappa shape index (κ2) is 2.08. The number of aliphatic hydroxyl groups excluding tert-OH is 1. The molecule has 0 spiro atoms. The highest BCUT2D eigenvalue weighted by Gasteiger charge is 2.65. The van der Waals surface area contributed by atoms with Gasteiger partial charge in [0.05, 0.1) is 6.61 Å². The van der Waals surface area contributed by atoms with Crippen LogP contribution in [0.3, 0.4) is 0 Å². The Morgan fingerprint density at radius 1 is 1.08 bits per heavy atom. The third kappa shape index (κ3) is 0.687. The molecule has 0 aromatic carbocycles. The number of aliphatic hydroxyl groups is 1. The molecule has 4 fully saturated rings. The summed E-state index contributed by atoms with van der Waals surface area (Å²) in [5.74, 6) is 1.79. The lowest BCUT2D eigenvalue weighted by molar-refractivity contribution is -0.234. The first kappa shape index (κ1) is 7.17. The molecule has 0 radical (unpaired) electrons. The van der Waals surface area contributed by atoms with Crippen LogP contribution in [0.2, 0.25) is 0 Å². The van der Waals surface area contributed by atoms with Gasteiger partial charge in [-0.3, -0.25) is 0 Å². The van der Waals surface area contributed by atoms with Crippen LogP contribution in [-0.4, -0.2) is 30.6 Å². The van der Waals surface area contributed by atoms with E-state index < -0.39 is 6.29 Å². The fourth-order valence-corrected chi connectivity index (χ4v) is 3.58. The first-order chi connectivity index (χ1) is 6.34. The van der Waals surface area contributed by atoms with Crippen LogP contribution in [0, 0.1) is 23.7 Å². The summed E-state index contributed by atoms with van der Waals surface area (Å²) in [5.41, 5.74) is 0. The normalized spacial score (nSPS) is 67.6. The van der Waals surface area contributed by atoms with Crippen LogP contribution in [-0.2, 0) is 14.2 Å². The van der Waals surface area contributed by atoms with E-state index in [4.69, 9.17) is 14.2 Å². The van der Waals surface area contributed by atoms with Crippen molar-refractivity contribution in [2.75, 3.05) is 6.61 Å². The molecule has 7 atom stereocenters. The Morgan fingerprint density at radius 2 is 2.00 bits per heavy atom. The van der Waals surface area contributed by atoms with Crippen LogP contribution < -0.4 is 0 Å². The van der Waals surface area contributed by atoms with Crippen molar-refractivity contribution in [3.8, 4) is 0 Å². The van der Waals surface area contributed by atoms with Crippen molar-refractivity contribution >= 4 is 0 Å². The van der Waals surface area contributed by atoms with Crippen LogP contribution >= 0.6 is 0 Å². The monoisotopic (exact) mass is 184 g/mol. The van der Waals surface area contributed by atoms with E-state index in [1.807, 2.05) is 0 Å². The average Bonchev–Trinajstić information content (AvgIpc) is 2.70. The Balaban J connectivity index is 1.78. The highest BCUT2D eigenvalue weighted by atomic mass is 16.8. The predicted molar refractivity (Wildman–Crippen MR) is 40.3 cm³/mol. The van der Waals surface area contributed by atoms with Crippen LogP contribution in [0.15, 0.2) is 0 Å². The largest absolute Gasteiger partial charge is 0.368 e. The van der Waals surface area contributed by atoms with Gasteiger partial charge in [0, 0.05) is 17.8 Å². The van der Waals surface area contributed by atoms with Gasteiger partial charge in [-0.1, -0.05) is 0 Å². The molecule has 0 aromatic rings. The molecule has 1 saturated carbocycles. The maximum absolute atomic E-state index is 9.61. The van der Waals surface area contributed by atoms with Gasteiger partial charge in [0.1, 0.15) is 0 Å². The minimum Gasteiger partial charge on any atom is -0.368 e. The summed E-state index contributed by atoms with van der Waals surface area (Å²) >= 11 is 0. The van der Waals surface area contributed by atoms with Gasteiger partial charge < -0.3 is 19.3 Å². The fraction of sp³-hybridized carbons (Fsp3) is 1.00. The molecule has 13 heavy (non-hydrogen) atoms. The summed E-state index contributed by atoms with van der Waals surface area (Å²) in [6.45, 7) is 0.807. The Hall–Kier alpha value is -0.160. The first-order valence-electron chi connectivity index (χ1n) is 4.95. The van der Waals surface area contributed by atoms with E-state index in [9.17, 15) is 5.11 Å². The van der Waals surface area contributed by atoms with Crippen LogP contribution in [0.25, 0.3) is 0 Å². The van der Waals surface area contributed by atoms with E-state index in [0.29, 0.717) is 23.7 Å². The summed E-state index contributed by atoms with van der Waals surface area (Å²) in [6, 6.07) is 0. The lowest BCUT2D eigenvalue weighted by Gasteiger charge is -2.13. The molecule has 0 bridgehead atoms. The molecular formula is C9H12O4. The molecule has 3 saturated heterocycles. The van der Waals surface area contributed by atoms with Crippen LogP contribution in [0.1, 0.15) is 6.42 Å². The second-order valence-electron chi connectivity index (χ2n) is 4.55. The maximum atomic E-state index is 9.61. The van der Waals surface area contributed by atoms with E-state index in [0.717, 1.165) is 13.0 Å². The third-order valence-electron chi connectivity index (χ3n) is 4.07. The fourth-order valence-electron chi connectivity index (χ4n) is 3.58. The SMILES string of the molecule is O[C@@H]1O[C@@H]2O[C@@H]3OCC4CC1C2C43. The molecule has 4 heteroatoms. The number of hydrogen-bond acceptors (Lipinski definition) is 4. The van der Waals surface area contributed by atoms with E-state index in [-0.39, 0.29) is 12.6 Å². The maximum Gasteiger partial charge on any atom is 0.167 e. The predicted octanol–water partition coefficient (Wildman–Crippen LogP) is -0.0839. The molecule has 0 amide bonds. The van der Waals surface area contributed by atoms with Crippen LogP contribution in [0.4, 0.5) is 0 Å². The summed E-state index contributed by atoms with van der Waals surface area (Å²) < 4.78 is 16.4. The summed E-state index contributed by atoms with van der Waals surface area (Å²) in [5, 5.41) is 9.61. The molecule has 4 aliphatic rings. The molecule has 4 nitrogen and oxygen atoms in total. The zero-order chi connectivity index (χ0) is 8.58. The third-order valence-corrected chi connectivity index (χ3v) is 4.07. The van der Waals surface area contributed by atoms with Gasteiger partial charge in [-0.15, -0.1) is 0 Å². The van der Waals surface area contributed by atoms with Crippen molar-refractivity contribution in [1.29, 1.82) is 0 Å². The lowest BCUT2D eigenvalue weighted by atomic mass is 9.91. The quantitative estimate of drug-likeness (QED) is 0.572. The molecule has 3 aliphatic heterocycles. The Bertz CT molecular complexity index is 256. The van der Waals surface area contributed by atoms with Gasteiger partial charge in [0.25, 0.3) is 0 Å². The minimum atomic E-state index is -0.596. The summed E-state index contributed by atoms with van der Waals surface area (Å²) in [4.78, 5) is 0. The molecule has 1 N–H and O–H groups in total. The number of rotatable bonds is 0. The van der Waals surface area contributed by atoms with Crippen molar-refractivity contribution in [3.05, 3.63) is 0 Å². The minimum absolute atomic E-state index is 0.0440. The molecule has 3 heterocycles. The Kier molecular flexibility index (Phi) is 1.15. The topological polar surface area (TPSA) is 47.9 Å². The summed E-state index contributed by atoms with van der Waals surface area (Å²) in [6.07, 6.45) is 0.215. The van der Waals surface area contributed by atoms with E-state index in [1.54, 1.807) is 0 Å². The van der Waals surface area contributed by atoms with Crippen molar-refractivity contribution < 1.29 is 19.3 Å². The number of hydrogen-bond donors (Lipinski definition) is 1. The van der Waals surface area contributed by atoms with Crippen molar-refractivity contribution in [2.24, 2.45) is 23.7 Å². The number of ether oxygens (including phenoxy) is 3. The van der Waals surface area contributed by atoms with E-state index in [2.05, 4.69) is 0 Å². The standard InChI is InChI=1S/C9H12O4/c10-7-4-1-3-2-11-8-5(3)6(4)9(12-7)13-8/h3-10H,1-2H2/t3?,4?,5?,6?,7-,8+,9-/m1/s1. The Labute approximate surface area is 75.8 Å². The zero-order valence-corrected chi connectivity index (χ0v) is 7.13. The highest BCUT2D eigenvalue weighted by Crippen LogP contribution is 2.59. The Morgan fingerprint density at radius 3 is 2.92 bits per heavy atom. The van der Waals surface area contributed by atoms with Gasteiger partial charge in [0.2, 0.25) is 0 Å². The van der Waals surface area contributed by atoms with Gasteiger partial charge in [-0.25, -0.2) is 0 Å². The average molecular weight is 184 g/mol. The van der Waals surface area contributed by atoms with Gasteiger partial charge >= 0.3 is 0 Å². The highest BCUT2D eigenvalue weighted by molar-refractivity contribution is 5.04. The zero-order valence-electron chi connectivity index (χ0n) is 7.13. The molecule has 1 aliphatic carbocycles. The first-order valence-corrected chi connectivity index (χ1v) is 4.95. The van der Waals surface area contributed by atoms with E-state index in [1.165, 1.54) is 0 Å². The van der Waals surface area contributed by atoms with Crippen molar-refractivity contribution in [1.82, 2.24) is 0 Å². The van der Waals surface area contributed by atoms with Gasteiger partial charge in [-0.05, 0) is 12.3 Å². The van der Waals surface area contributed by atoms with Crippen molar-refractivity contribution in [3.63, 3.8) is 0 Å². The summed E-state index contributed by atoms with van der Waals surface area (Å²) in [7, 11) is 0. The van der Waals surface area contributed by atoms with Crippen LogP contribution in [0.5, 0.6) is 0 Å². The molecular weight excluding hydrogens is 172 g/mol.